The lowest BCUT2D eigenvalue weighted by Gasteiger charge is -2.31. The van der Waals surface area contributed by atoms with Gasteiger partial charge in [-0.1, -0.05) is 40.6 Å². The Morgan fingerprint density at radius 1 is 1.09 bits per heavy atom. The van der Waals surface area contributed by atoms with Gasteiger partial charge in [0.1, 0.15) is 4.88 Å². The van der Waals surface area contributed by atoms with E-state index in [1.807, 2.05) is 11.6 Å². The van der Waals surface area contributed by atoms with E-state index in [0.717, 1.165) is 58.5 Å². The Balaban J connectivity index is 1.11. The number of imidazole rings is 1. The van der Waals surface area contributed by atoms with Crippen LogP contribution in [0.2, 0.25) is 10.0 Å². The SMILES string of the molecule is Cn1c(Nc2c(Cl)ccc(CNC(=O)c3cnc(N)s3)c2Cl)nc2cc(CNC3CCC(C(F)(F)F)CC3)c(N3CC4CC4C3)cc21. The number of carbonyl (C=O) groups excluding carboxylic acids is 1. The molecule has 2 aromatic carbocycles. The molecule has 15 heteroatoms. The number of piperidine rings is 1. The molecule has 2 aliphatic carbocycles. The molecule has 4 aromatic rings. The van der Waals surface area contributed by atoms with Crippen LogP contribution < -0.4 is 26.6 Å². The molecule has 9 nitrogen and oxygen atoms in total. The molecule has 1 amide bonds. The van der Waals surface area contributed by atoms with Gasteiger partial charge in [-0.3, -0.25) is 4.79 Å². The Labute approximate surface area is 284 Å². The van der Waals surface area contributed by atoms with Crippen LogP contribution in [0.4, 0.5) is 35.6 Å². The molecule has 1 aliphatic heterocycles. The van der Waals surface area contributed by atoms with Crippen LogP contribution in [0.1, 0.15) is 52.9 Å². The zero-order valence-electron chi connectivity index (χ0n) is 25.6. The molecule has 3 heterocycles. The van der Waals surface area contributed by atoms with Crippen molar-refractivity contribution in [3.63, 3.8) is 0 Å². The second-order valence-electron chi connectivity index (χ2n) is 12.9. The summed E-state index contributed by atoms with van der Waals surface area (Å²) >= 11 is 14.5. The second-order valence-corrected chi connectivity index (χ2v) is 14.7. The Hall–Kier alpha value is -3.26. The number of nitrogens with two attached hydrogens (primary N) is 1. The first-order valence-corrected chi connectivity index (χ1v) is 17.3. The number of hydrogen-bond acceptors (Lipinski definition) is 8. The summed E-state index contributed by atoms with van der Waals surface area (Å²) in [6, 6.07) is 7.76. The molecule has 0 radical (unpaired) electrons. The van der Waals surface area contributed by atoms with Crippen molar-refractivity contribution in [2.75, 3.05) is 29.0 Å². The number of benzene rings is 2. The van der Waals surface area contributed by atoms with Gasteiger partial charge >= 0.3 is 6.18 Å². The van der Waals surface area contributed by atoms with Gasteiger partial charge in [0.15, 0.2) is 5.13 Å². The molecular weight excluding hydrogens is 672 g/mol. The van der Waals surface area contributed by atoms with Gasteiger partial charge in [0, 0.05) is 45.0 Å². The lowest BCUT2D eigenvalue weighted by atomic mass is 9.85. The van der Waals surface area contributed by atoms with Gasteiger partial charge in [0.05, 0.1) is 38.9 Å². The number of anilines is 4. The summed E-state index contributed by atoms with van der Waals surface area (Å²) in [6.45, 7) is 2.73. The number of nitrogen functional groups attached to an aromatic ring is 1. The minimum Gasteiger partial charge on any atom is -0.375 e. The highest BCUT2D eigenvalue weighted by atomic mass is 35.5. The molecule has 1 saturated heterocycles. The van der Waals surface area contributed by atoms with E-state index in [4.69, 9.17) is 33.9 Å². The molecule has 47 heavy (non-hydrogen) atoms. The highest BCUT2D eigenvalue weighted by molar-refractivity contribution is 7.17. The molecular formula is C32H35Cl2F3N8OS. The summed E-state index contributed by atoms with van der Waals surface area (Å²) in [6.07, 6.45) is -0.0593. The minimum atomic E-state index is -4.12. The maximum absolute atomic E-state index is 13.2. The van der Waals surface area contributed by atoms with Gasteiger partial charge in [0.2, 0.25) is 5.95 Å². The van der Waals surface area contributed by atoms with Crippen LogP contribution in [0.15, 0.2) is 30.5 Å². The number of hydrogen-bond donors (Lipinski definition) is 4. The van der Waals surface area contributed by atoms with Crippen LogP contribution in [0, 0.1) is 17.8 Å². The summed E-state index contributed by atoms with van der Waals surface area (Å²) < 4.78 is 41.6. The lowest BCUT2D eigenvalue weighted by molar-refractivity contribution is -0.182. The van der Waals surface area contributed by atoms with Gasteiger partial charge in [-0.25, -0.2) is 9.97 Å². The standard InChI is InChI=1S/C32H35Cl2F3N8OS/c1-44-25-10-24(45-14-18-8-19(18)15-45)17(12-39-21-5-3-20(4-6-21)32(35,36)37)9-23(25)42-31(44)43-28-22(33)7-2-16(27(28)34)11-40-29(46)26-13-41-30(38)47-26/h2,7,9-10,13,18-21,39H,3-6,8,11-12,14-15H2,1H3,(H2,38,41)(H,40,46)(H,42,43). The van der Waals surface area contributed by atoms with Gasteiger partial charge in [0.25, 0.3) is 5.91 Å². The Morgan fingerprint density at radius 3 is 2.51 bits per heavy atom. The first kappa shape index (κ1) is 32.3. The summed E-state index contributed by atoms with van der Waals surface area (Å²) in [5.41, 5.74) is 10.7. The van der Waals surface area contributed by atoms with Crippen molar-refractivity contribution in [1.82, 2.24) is 25.2 Å². The maximum Gasteiger partial charge on any atom is 0.391 e. The predicted octanol–water partition coefficient (Wildman–Crippen LogP) is 7.26. The van der Waals surface area contributed by atoms with E-state index in [0.29, 0.717) is 56.6 Å². The molecule has 3 fully saturated rings. The maximum atomic E-state index is 13.2. The number of aromatic nitrogens is 3. The monoisotopic (exact) mass is 706 g/mol. The van der Waals surface area contributed by atoms with Crippen molar-refractivity contribution < 1.29 is 18.0 Å². The van der Waals surface area contributed by atoms with Crippen LogP contribution in [0.5, 0.6) is 0 Å². The molecule has 0 spiro atoms. The molecule has 5 N–H and O–H groups in total. The molecule has 3 aliphatic rings. The van der Waals surface area contributed by atoms with E-state index in [1.165, 1.54) is 12.6 Å². The van der Waals surface area contributed by atoms with Gasteiger partial charge in [-0.2, -0.15) is 13.2 Å². The number of alkyl halides is 3. The third-order valence-electron chi connectivity index (χ3n) is 9.77. The number of fused-ring (bicyclic) bond motifs is 2. The number of thiazole rings is 1. The number of rotatable bonds is 9. The Morgan fingerprint density at radius 2 is 1.83 bits per heavy atom. The van der Waals surface area contributed by atoms with E-state index in [9.17, 15) is 18.0 Å². The molecule has 2 atom stereocenters. The molecule has 2 aromatic heterocycles. The van der Waals surface area contributed by atoms with Crippen LogP contribution in [-0.4, -0.2) is 45.7 Å². The molecule has 2 unspecified atom stereocenters. The van der Waals surface area contributed by atoms with Crippen LogP contribution >= 0.6 is 34.5 Å². The van der Waals surface area contributed by atoms with Gasteiger partial charge in [-0.15, -0.1) is 0 Å². The largest absolute Gasteiger partial charge is 0.391 e. The number of halogens is 5. The van der Waals surface area contributed by atoms with Crippen molar-refractivity contribution >= 4 is 73.9 Å². The number of nitrogens with one attached hydrogen (secondary N) is 3. The van der Waals surface area contributed by atoms with Crippen LogP contribution in [-0.2, 0) is 20.1 Å². The fraction of sp³-hybridized carbons (Fsp3) is 0.469. The Bertz CT molecular complexity index is 1810. The molecule has 250 valence electrons. The minimum absolute atomic E-state index is 0.0477. The van der Waals surface area contributed by atoms with Crippen molar-refractivity contribution in [3.05, 3.63) is 56.5 Å². The lowest BCUT2D eigenvalue weighted by Crippen LogP contribution is -2.37. The zero-order chi connectivity index (χ0) is 33.0. The van der Waals surface area contributed by atoms with E-state index >= 15 is 0 Å². The number of carbonyl (C=O) groups is 1. The number of aryl methyl sites for hydroxylation is 1. The topological polar surface area (TPSA) is 113 Å². The first-order chi connectivity index (χ1) is 22.4. The highest BCUT2D eigenvalue weighted by Gasteiger charge is 2.45. The van der Waals surface area contributed by atoms with Crippen molar-refractivity contribution in [2.45, 2.75) is 57.4 Å². The zero-order valence-corrected chi connectivity index (χ0v) is 28.0. The normalized spacial score (nSPS) is 22.5. The van der Waals surface area contributed by atoms with E-state index in [2.05, 4.69) is 38.0 Å². The van der Waals surface area contributed by atoms with Crippen LogP contribution in [0.25, 0.3) is 11.0 Å². The summed E-state index contributed by atoms with van der Waals surface area (Å²) in [5.74, 6) is 0.494. The van der Waals surface area contributed by atoms with Gasteiger partial charge in [-0.05, 0) is 73.3 Å². The molecule has 0 bridgehead atoms. The van der Waals surface area contributed by atoms with E-state index < -0.39 is 12.1 Å². The Kier molecular flexibility index (Phi) is 8.69. The third-order valence-corrected chi connectivity index (χ3v) is 11.3. The van der Waals surface area contributed by atoms with Gasteiger partial charge < -0.3 is 31.2 Å². The number of amides is 1. The summed E-state index contributed by atoms with van der Waals surface area (Å²) in [4.78, 5) is 24.2. The third kappa shape index (κ3) is 6.72. The van der Waals surface area contributed by atoms with E-state index in [-0.39, 0.29) is 31.3 Å². The van der Waals surface area contributed by atoms with Crippen molar-refractivity contribution in [3.8, 4) is 0 Å². The average Bonchev–Trinajstić information content (AvgIpc) is 3.31. The molecule has 2 saturated carbocycles. The average molecular weight is 708 g/mol. The highest BCUT2D eigenvalue weighted by Crippen LogP contribution is 2.47. The van der Waals surface area contributed by atoms with E-state index in [1.54, 1.807) is 12.1 Å². The fourth-order valence-corrected chi connectivity index (χ4v) is 8.04. The predicted molar refractivity (Wildman–Crippen MR) is 181 cm³/mol. The summed E-state index contributed by atoms with van der Waals surface area (Å²) in [5, 5.41) is 10.8. The molecule has 7 rings (SSSR count). The fourth-order valence-electron chi connectivity index (χ4n) is 6.91. The first-order valence-electron chi connectivity index (χ1n) is 15.7. The van der Waals surface area contributed by atoms with Crippen molar-refractivity contribution in [2.24, 2.45) is 24.8 Å². The number of nitrogens with zero attached hydrogens (tertiary/aromatic N) is 4. The van der Waals surface area contributed by atoms with Crippen molar-refractivity contribution in [1.29, 1.82) is 0 Å². The quantitative estimate of drug-likeness (QED) is 0.145. The van der Waals surface area contributed by atoms with Crippen LogP contribution in [0.3, 0.4) is 0 Å². The summed E-state index contributed by atoms with van der Waals surface area (Å²) in [7, 11) is 1.92. The smallest absolute Gasteiger partial charge is 0.375 e. The second kappa shape index (κ2) is 12.6.